The molecule has 0 N–H and O–H groups in total. The van der Waals surface area contributed by atoms with Crippen molar-refractivity contribution in [2.75, 3.05) is 0 Å². The second-order valence-corrected chi connectivity index (χ2v) is 7.92. The van der Waals surface area contributed by atoms with Gasteiger partial charge in [-0.25, -0.2) is 4.68 Å². The zero-order valence-corrected chi connectivity index (χ0v) is 17.3. The molecular weight excluding hydrogens is 390 g/mol. The van der Waals surface area contributed by atoms with Crippen LogP contribution in [0.25, 0.3) is 0 Å². The first-order chi connectivity index (χ1) is 15.4. The van der Waals surface area contributed by atoms with Crippen LogP contribution in [0, 0.1) is 0 Å². The Labute approximate surface area is 180 Å². The van der Waals surface area contributed by atoms with Crippen LogP contribution in [0.1, 0.15) is 60.6 Å². The van der Waals surface area contributed by atoms with Gasteiger partial charge in [-0.1, -0.05) is 25.0 Å². The van der Waals surface area contributed by atoms with Gasteiger partial charge in [0.1, 0.15) is 11.8 Å². The van der Waals surface area contributed by atoms with Gasteiger partial charge >= 0.3 is 0 Å². The molecule has 5 rings (SSSR count). The highest BCUT2D eigenvalue weighted by atomic mass is 16.3. The number of furan rings is 1. The molecule has 4 aromatic rings. The van der Waals surface area contributed by atoms with Crippen LogP contribution in [0.15, 0.2) is 71.7 Å². The Morgan fingerprint density at radius 1 is 1.03 bits per heavy atom. The Morgan fingerprint density at radius 2 is 1.97 bits per heavy atom. The predicted octanol–water partition coefficient (Wildman–Crippen LogP) is 3.96. The largest absolute Gasteiger partial charge is 0.468 e. The molecule has 4 aromatic heterocycles. The van der Waals surface area contributed by atoms with Crippen molar-refractivity contribution in [2.45, 2.75) is 50.9 Å². The quantitative estimate of drug-likeness (QED) is 0.430. The van der Waals surface area contributed by atoms with Gasteiger partial charge in [0.05, 0.1) is 24.5 Å². The minimum atomic E-state index is -0.220. The summed E-state index contributed by atoms with van der Waals surface area (Å²) in [7, 11) is 0. The number of nitrogens with zero attached hydrogens (tertiary/aromatic N) is 7. The molecule has 1 unspecified atom stereocenters. The van der Waals surface area contributed by atoms with Crippen molar-refractivity contribution >= 4 is 0 Å². The fourth-order valence-electron chi connectivity index (χ4n) is 4.38. The average Bonchev–Trinajstić information content (AvgIpc) is 3.58. The first kappa shape index (κ1) is 19.6. The summed E-state index contributed by atoms with van der Waals surface area (Å²) >= 11 is 0. The molecule has 158 valence electrons. The maximum atomic E-state index is 5.70. The van der Waals surface area contributed by atoms with Crippen molar-refractivity contribution in [2.24, 2.45) is 0 Å². The zero-order chi connectivity index (χ0) is 20.9. The smallest absolute Gasteiger partial charge is 0.174 e. The highest BCUT2D eigenvalue weighted by molar-refractivity contribution is 5.20. The van der Waals surface area contributed by atoms with E-state index in [-0.39, 0.29) is 6.04 Å². The summed E-state index contributed by atoms with van der Waals surface area (Å²) in [5.41, 5.74) is 2.02. The molecule has 1 fully saturated rings. The third-order valence-electron chi connectivity index (χ3n) is 5.81. The van der Waals surface area contributed by atoms with Crippen LogP contribution in [0.3, 0.4) is 0 Å². The van der Waals surface area contributed by atoms with E-state index in [1.807, 2.05) is 53.5 Å². The van der Waals surface area contributed by atoms with Gasteiger partial charge in [0, 0.05) is 25.1 Å². The van der Waals surface area contributed by atoms with Crippen LogP contribution in [0.4, 0.5) is 0 Å². The Bertz CT molecular complexity index is 1060. The normalized spacial score (nSPS) is 15.5. The monoisotopic (exact) mass is 415 g/mol. The highest BCUT2D eigenvalue weighted by Crippen LogP contribution is 2.34. The minimum Gasteiger partial charge on any atom is -0.468 e. The fraction of sp³-hybridized carbons (Fsp3) is 0.348. The molecule has 0 aromatic carbocycles. The third kappa shape index (κ3) is 4.39. The van der Waals surface area contributed by atoms with Gasteiger partial charge in [0.25, 0.3) is 0 Å². The molecule has 0 spiro atoms. The molecular formula is C23H25N7O. The van der Waals surface area contributed by atoms with Crippen molar-refractivity contribution in [3.05, 3.63) is 90.2 Å². The van der Waals surface area contributed by atoms with Gasteiger partial charge < -0.3 is 4.42 Å². The van der Waals surface area contributed by atoms with Crippen LogP contribution >= 0.6 is 0 Å². The fourth-order valence-corrected chi connectivity index (χ4v) is 4.38. The van der Waals surface area contributed by atoms with E-state index in [0.717, 1.165) is 35.7 Å². The topological polar surface area (TPSA) is 85.8 Å². The van der Waals surface area contributed by atoms with Crippen molar-refractivity contribution in [3.63, 3.8) is 0 Å². The number of hydrogen-bond acceptors (Lipinski definition) is 7. The Balaban J connectivity index is 1.58. The van der Waals surface area contributed by atoms with Crippen molar-refractivity contribution in [1.29, 1.82) is 0 Å². The number of pyridine rings is 2. The molecule has 0 amide bonds. The summed E-state index contributed by atoms with van der Waals surface area (Å²) in [5.74, 6) is 1.70. The summed E-state index contributed by atoms with van der Waals surface area (Å²) in [5, 5.41) is 13.0. The van der Waals surface area contributed by atoms with Gasteiger partial charge in [-0.05, 0) is 59.2 Å². The van der Waals surface area contributed by atoms with Crippen LogP contribution < -0.4 is 0 Å². The molecule has 0 bridgehead atoms. The van der Waals surface area contributed by atoms with E-state index in [1.165, 1.54) is 12.8 Å². The first-order valence-electron chi connectivity index (χ1n) is 10.7. The maximum absolute atomic E-state index is 5.70. The Kier molecular flexibility index (Phi) is 5.79. The minimum absolute atomic E-state index is 0.220. The van der Waals surface area contributed by atoms with Crippen molar-refractivity contribution in [1.82, 2.24) is 35.1 Å². The molecule has 1 atom stereocenters. The number of aromatic nitrogens is 6. The maximum Gasteiger partial charge on any atom is 0.174 e. The highest BCUT2D eigenvalue weighted by Gasteiger charge is 2.32. The molecule has 8 nitrogen and oxygen atoms in total. The Morgan fingerprint density at radius 3 is 2.71 bits per heavy atom. The van der Waals surface area contributed by atoms with E-state index in [0.29, 0.717) is 19.1 Å². The van der Waals surface area contributed by atoms with E-state index < -0.39 is 0 Å². The van der Waals surface area contributed by atoms with Crippen molar-refractivity contribution < 1.29 is 4.42 Å². The lowest BCUT2D eigenvalue weighted by Crippen LogP contribution is -2.32. The van der Waals surface area contributed by atoms with E-state index in [1.54, 1.807) is 12.5 Å². The molecule has 1 aliphatic rings. The van der Waals surface area contributed by atoms with Gasteiger partial charge in [-0.2, -0.15) is 0 Å². The summed E-state index contributed by atoms with van der Waals surface area (Å²) in [4.78, 5) is 11.3. The molecule has 1 saturated carbocycles. The van der Waals surface area contributed by atoms with Crippen LogP contribution in [-0.2, 0) is 13.1 Å². The van der Waals surface area contributed by atoms with Crippen LogP contribution in [0.5, 0.6) is 0 Å². The number of rotatable bonds is 8. The summed E-state index contributed by atoms with van der Waals surface area (Å²) < 4.78 is 7.72. The summed E-state index contributed by atoms with van der Waals surface area (Å²) in [6.07, 6.45) is 11.8. The molecule has 0 aliphatic heterocycles. The van der Waals surface area contributed by atoms with E-state index in [9.17, 15) is 0 Å². The molecule has 8 heteroatoms. The van der Waals surface area contributed by atoms with Gasteiger partial charge in [0.2, 0.25) is 0 Å². The van der Waals surface area contributed by atoms with E-state index in [2.05, 4.69) is 31.5 Å². The zero-order valence-electron chi connectivity index (χ0n) is 17.3. The second kappa shape index (κ2) is 9.18. The molecule has 4 heterocycles. The Hall–Kier alpha value is -3.39. The average molecular weight is 416 g/mol. The molecule has 0 radical (unpaired) electrons. The lowest BCUT2D eigenvalue weighted by molar-refractivity contribution is 0.174. The summed E-state index contributed by atoms with van der Waals surface area (Å²) in [6.45, 7) is 1.26. The molecule has 0 saturated heterocycles. The third-order valence-corrected chi connectivity index (χ3v) is 5.81. The van der Waals surface area contributed by atoms with E-state index in [4.69, 9.17) is 9.40 Å². The van der Waals surface area contributed by atoms with Gasteiger partial charge in [-0.3, -0.25) is 14.9 Å². The van der Waals surface area contributed by atoms with E-state index >= 15 is 0 Å². The molecule has 1 aliphatic carbocycles. The lowest BCUT2D eigenvalue weighted by atomic mass is 10.1. The van der Waals surface area contributed by atoms with Gasteiger partial charge in [0.15, 0.2) is 5.82 Å². The van der Waals surface area contributed by atoms with Gasteiger partial charge in [-0.15, -0.1) is 5.10 Å². The standard InChI is InChI=1S/C23H25N7O/c1-2-9-19(8-1)30-23(26-27-28-30)22(21-11-3-4-13-25-21)29(17-20-10-6-14-31-20)16-18-7-5-12-24-15-18/h3-7,10-15,19,22H,1-2,8-9,16-17H2. The predicted molar refractivity (Wildman–Crippen MR) is 114 cm³/mol. The first-order valence-corrected chi connectivity index (χ1v) is 10.7. The van der Waals surface area contributed by atoms with Crippen LogP contribution in [-0.4, -0.2) is 35.1 Å². The second-order valence-electron chi connectivity index (χ2n) is 7.92. The number of tetrazole rings is 1. The molecule has 31 heavy (non-hydrogen) atoms. The SMILES string of the molecule is c1ccc(C(c2nnnn2C2CCCC2)N(Cc2cccnc2)Cc2ccco2)nc1. The summed E-state index contributed by atoms with van der Waals surface area (Å²) in [6, 6.07) is 14.0. The van der Waals surface area contributed by atoms with Crippen LogP contribution in [0.2, 0.25) is 0 Å². The number of hydrogen-bond donors (Lipinski definition) is 0. The lowest BCUT2D eigenvalue weighted by Gasteiger charge is -2.30. The van der Waals surface area contributed by atoms with Crippen molar-refractivity contribution in [3.8, 4) is 0 Å².